The lowest BCUT2D eigenvalue weighted by atomic mass is 10.1. The molecule has 0 saturated heterocycles. The second-order valence-electron chi connectivity index (χ2n) is 5.71. The van der Waals surface area contributed by atoms with Gasteiger partial charge in [-0.1, -0.05) is 40.6 Å². The topological polar surface area (TPSA) is 79.1 Å². The number of thiazole rings is 1. The zero-order chi connectivity index (χ0) is 21.1. The molecule has 10 heteroatoms. The molecule has 2 aromatic carbocycles. The molecule has 1 heterocycles. The molecule has 0 aliphatic carbocycles. The number of hydrogen-bond acceptors (Lipinski definition) is 6. The molecule has 0 atom stereocenters. The van der Waals surface area contributed by atoms with Crippen LogP contribution >= 0.6 is 34.5 Å². The minimum absolute atomic E-state index is 0.170. The van der Waals surface area contributed by atoms with Gasteiger partial charge in [0.25, 0.3) is 5.91 Å². The van der Waals surface area contributed by atoms with Gasteiger partial charge in [0.05, 0.1) is 41.6 Å². The molecule has 0 spiro atoms. The van der Waals surface area contributed by atoms with Gasteiger partial charge in [-0.2, -0.15) is 4.99 Å². The monoisotopic (exact) mass is 454 g/mol. The quantitative estimate of drug-likeness (QED) is 0.545. The highest BCUT2D eigenvalue weighted by Gasteiger charge is 2.20. The maximum Gasteiger partial charge on any atom is 0.325 e. The Hall–Kier alpha value is -2.55. The number of amides is 1. The predicted molar refractivity (Wildman–Crippen MR) is 111 cm³/mol. The number of aromatic nitrogens is 1. The number of nitrogens with zero attached hydrogens (tertiary/aromatic N) is 2. The van der Waals surface area contributed by atoms with Crippen molar-refractivity contribution in [3.05, 3.63) is 50.7 Å². The molecule has 29 heavy (non-hydrogen) atoms. The van der Waals surface area contributed by atoms with Gasteiger partial charge in [-0.05, 0) is 24.3 Å². The van der Waals surface area contributed by atoms with E-state index in [0.717, 1.165) is 0 Å². The van der Waals surface area contributed by atoms with Crippen molar-refractivity contribution < 1.29 is 23.8 Å². The number of hydrogen-bond donors (Lipinski definition) is 0. The first-order valence-corrected chi connectivity index (χ1v) is 9.82. The third-order valence-corrected chi connectivity index (χ3v) is 5.93. The molecule has 3 aromatic rings. The average Bonchev–Trinajstić information content (AvgIpc) is 3.07. The Kier molecular flexibility index (Phi) is 6.46. The summed E-state index contributed by atoms with van der Waals surface area (Å²) < 4.78 is 17.5. The number of halogens is 2. The molecule has 3 rings (SSSR count). The third-order valence-electron chi connectivity index (χ3n) is 4.09. The number of rotatable bonds is 5. The summed E-state index contributed by atoms with van der Waals surface area (Å²) in [6, 6.07) is 8.35. The molecular formula is C19H16Cl2N2O5S. The van der Waals surface area contributed by atoms with E-state index in [1.165, 1.54) is 37.2 Å². The van der Waals surface area contributed by atoms with Gasteiger partial charge in [-0.3, -0.25) is 9.59 Å². The lowest BCUT2D eigenvalue weighted by molar-refractivity contribution is -0.141. The fraction of sp³-hybridized carbons (Fsp3) is 0.211. The number of benzene rings is 2. The molecule has 0 aliphatic rings. The zero-order valence-electron chi connectivity index (χ0n) is 15.7. The largest absolute Gasteiger partial charge is 0.496 e. The van der Waals surface area contributed by atoms with Crippen LogP contribution in [0.5, 0.6) is 11.5 Å². The summed E-state index contributed by atoms with van der Waals surface area (Å²) >= 11 is 13.7. The van der Waals surface area contributed by atoms with Crippen molar-refractivity contribution in [1.82, 2.24) is 4.57 Å². The summed E-state index contributed by atoms with van der Waals surface area (Å²) in [4.78, 5) is 29.4. The second-order valence-corrected chi connectivity index (χ2v) is 7.50. The predicted octanol–water partition coefficient (Wildman–Crippen LogP) is 3.94. The fourth-order valence-corrected chi connectivity index (χ4v) is 4.25. The van der Waals surface area contributed by atoms with Crippen molar-refractivity contribution in [3.8, 4) is 11.5 Å². The number of carbonyl (C=O) groups excluding carboxylic acids is 2. The molecule has 0 radical (unpaired) electrons. The van der Waals surface area contributed by atoms with Crippen LogP contribution < -0.4 is 14.3 Å². The Balaban J connectivity index is 2.26. The van der Waals surface area contributed by atoms with Crippen LogP contribution in [-0.4, -0.2) is 37.8 Å². The van der Waals surface area contributed by atoms with E-state index in [2.05, 4.69) is 4.99 Å². The summed E-state index contributed by atoms with van der Waals surface area (Å²) in [6.07, 6.45) is 0. The van der Waals surface area contributed by atoms with E-state index in [0.29, 0.717) is 26.7 Å². The minimum Gasteiger partial charge on any atom is -0.496 e. The summed E-state index contributed by atoms with van der Waals surface area (Å²) in [7, 11) is 4.17. The highest BCUT2D eigenvalue weighted by Crippen LogP contribution is 2.33. The maximum atomic E-state index is 13.0. The molecule has 0 unspecified atom stereocenters. The maximum absolute atomic E-state index is 13.0. The molecule has 0 saturated carbocycles. The average molecular weight is 455 g/mol. The molecule has 152 valence electrons. The highest BCUT2D eigenvalue weighted by molar-refractivity contribution is 7.16. The number of methoxy groups -OCH3 is 3. The third kappa shape index (κ3) is 4.10. The Morgan fingerprint density at radius 1 is 1.07 bits per heavy atom. The Morgan fingerprint density at radius 3 is 2.31 bits per heavy atom. The normalized spacial score (nSPS) is 11.6. The lowest BCUT2D eigenvalue weighted by Gasteiger charge is -2.10. The van der Waals surface area contributed by atoms with Crippen LogP contribution in [0.2, 0.25) is 10.0 Å². The fourth-order valence-electron chi connectivity index (χ4n) is 2.73. The SMILES string of the molecule is COC(=O)Cn1c(=NC(=O)c2c(OC)cccc2OC)sc2ccc(Cl)c(Cl)c21. The number of ether oxygens (including phenoxy) is 3. The van der Waals surface area contributed by atoms with E-state index in [-0.39, 0.29) is 21.9 Å². The van der Waals surface area contributed by atoms with Crippen molar-refractivity contribution in [2.24, 2.45) is 4.99 Å². The van der Waals surface area contributed by atoms with Crippen molar-refractivity contribution in [2.45, 2.75) is 6.54 Å². The van der Waals surface area contributed by atoms with Crippen LogP contribution in [0.25, 0.3) is 10.2 Å². The molecule has 0 bridgehead atoms. The van der Waals surface area contributed by atoms with Crippen molar-refractivity contribution in [1.29, 1.82) is 0 Å². The van der Waals surface area contributed by atoms with Crippen LogP contribution in [0.3, 0.4) is 0 Å². The number of carbonyl (C=O) groups is 2. The molecule has 7 nitrogen and oxygen atoms in total. The summed E-state index contributed by atoms with van der Waals surface area (Å²) in [5, 5.41) is 0.577. The van der Waals surface area contributed by atoms with E-state index < -0.39 is 11.9 Å². The molecule has 1 amide bonds. The summed E-state index contributed by atoms with van der Waals surface area (Å²) in [6.45, 7) is -0.189. The van der Waals surface area contributed by atoms with Gasteiger partial charge in [-0.25, -0.2) is 0 Å². The van der Waals surface area contributed by atoms with Crippen molar-refractivity contribution in [2.75, 3.05) is 21.3 Å². The van der Waals surface area contributed by atoms with Crippen LogP contribution in [0.4, 0.5) is 0 Å². The van der Waals surface area contributed by atoms with Crippen LogP contribution in [-0.2, 0) is 16.1 Å². The Bertz CT molecular complexity index is 1150. The smallest absolute Gasteiger partial charge is 0.325 e. The summed E-state index contributed by atoms with van der Waals surface area (Å²) in [5.74, 6) is -0.476. The van der Waals surface area contributed by atoms with E-state index in [4.69, 9.17) is 37.4 Å². The van der Waals surface area contributed by atoms with E-state index >= 15 is 0 Å². The zero-order valence-corrected chi connectivity index (χ0v) is 18.0. The van der Waals surface area contributed by atoms with Crippen molar-refractivity contribution >= 4 is 56.6 Å². The first-order valence-electron chi connectivity index (χ1n) is 8.25. The second kappa shape index (κ2) is 8.86. The first-order chi connectivity index (χ1) is 13.9. The van der Waals surface area contributed by atoms with Gasteiger partial charge in [0.15, 0.2) is 4.80 Å². The van der Waals surface area contributed by atoms with Gasteiger partial charge in [0, 0.05) is 0 Å². The standard InChI is InChI=1S/C19H16Cl2N2O5S/c1-26-11-5-4-6-12(27-2)15(11)18(25)22-19-23(9-14(24)28-3)17-13(29-19)8-7-10(20)16(17)21/h4-8H,9H2,1-3H3. The molecule has 0 fully saturated rings. The summed E-state index contributed by atoms with van der Waals surface area (Å²) in [5.41, 5.74) is 0.664. The molecule has 0 N–H and O–H groups in total. The first kappa shape index (κ1) is 21.2. The molecule has 0 aliphatic heterocycles. The van der Waals surface area contributed by atoms with Gasteiger partial charge < -0.3 is 18.8 Å². The Labute approximate surface area is 180 Å². The van der Waals surface area contributed by atoms with Gasteiger partial charge in [0.2, 0.25) is 0 Å². The van der Waals surface area contributed by atoms with Gasteiger partial charge >= 0.3 is 5.97 Å². The van der Waals surface area contributed by atoms with Crippen LogP contribution in [0, 0.1) is 0 Å². The molecule has 1 aromatic heterocycles. The Morgan fingerprint density at radius 2 is 1.72 bits per heavy atom. The lowest BCUT2D eigenvalue weighted by Crippen LogP contribution is -2.22. The van der Waals surface area contributed by atoms with E-state index in [9.17, 15) is 9.59 Å². The van der Waals surface area contributed by atoms with E-state index in [1.54, 1.807) is 30.3 Å². The van der Waals surface area contributed by atoms with Crippen LogP contribution in [0.1, 0.15) is 10.4 Å². The highest BCUT2D eigenvalue weighted by atomic mass is 35.5. The molecular weight excluding hydrogens is 439 g/mol. The van der Waals surface area contributed by atoms with E-state index in [1.807, 2.05) is 0 Å². The van der Waals surface area contributed by atoms with Gasteiger partial charge in [0.1, 0.15) is 23.6 Å². The van der Waals surface area contributed by atoms with Gasteiger partial charge in [-0.15, -0.1) is 0 Å². The minimum atomic E-state index is -0.591. The van der Waals surface area contributed by atoms with Crippen molar-refractivity contribution in [3.63, 3.8) is 0 Å². The van der Waals surface area contributed by atoms with Crippen LogP contribution in [0.15, 0.2) is 35.3 Å². The number of fused-ring (bicyclic) bond motifs is 1. The number of esters is 1.